The molecule has 0 aromatic carbocycles. The van der Waals surface area contributed by atoms with Gasteiger partial charge in [-0.15, -0.1) is 0 Å². The van der Waals surface area contributed by atoms with Crippen LogP contribution in [0, 0.1) is 0 Å². The quantitative estimate of drug-likeness (QED) is 0.785. The topological polar surface area (TPSA) is 51.4 Å². The number of anilines is 1. The summed E-state index contributed by atoms with van der Waals surface area (Å²) in [5, 5.41) is 0. The van der Waals surface area contributed by atoms with Crippen LogP contribution < -0.4 is 10.6 Å². The van der Waals surface area contributed by atoms with Crippen LogP contribution in [-0.2, 0) is 4.74 Å². The van der Waals surface area contributed by atoms with Gasteiger partial charge in [0, 0.05) is 31.9 Å². The molecule has 0 amide bonds. The zero-order chi connectivity index (χ0) is 14.3. The lowest BCUT2D eigenvalue weighted by Gasteiger charge is -2.31. The van der Waals surface area contributed by atoms with E-state index in [9.17, 15) is 0 Å². The zero-order valence-electron chi connectivity index (χ0n) is 12.6. The van der Waals surface area contributed by atoms with Crippen LogP contribution in [0.3, 0.4) is 0 Å². The van der Waals surface area contributed by atoms with Crippen molar-refractivity contribution in [1.29, 1.82) is 0 Å². The smallest absolute Gasteiger partial charge is 0.128 e. The first kappa shape index (κ1) is 15.9. The molecule has 0 radical (unpaired) electrons. The average molecular weight is 265 g/mol. The van der Waals surface area contributed by atoms with E-state index in [1.165, 1.54) is 0 Å². The predicted octanol–water partition coefficient (Wildman–Crippen LogP) is 2.74. The molecule has 1 aromatic heterocycles. The molecular formula is C15H27N3O. The lowest BCUT2D eigenvalue weighted by Crippen LogP contribution is -2.37. The van der Waals surface area contributed by atoms with Gasteiger partial charge in [0.15, 0.2) is 0 Å². The Morgan fingerprint density at radius 3 is 2.42 bits per heavy atom. The highest BCUT2D eigenvalue weighted by molar-refractivity contribution is 5.41. The maximum absolute atomic E-state index is 5.86. The second-order valence-corrected chi connectivity index (χ2v) is 4.89. The van der Waals surface area contributed by atoms with E-state index in [1.807, 2.05) is 13.1 Å². The second kappa shape index (κ2) is 8.12. The fourth-order valence-corrected chi connectivity index (χ4v) is 2.24. The molecule has 2 N–H and O–H groups in total. The summed E-state index contributed by atoms with van der Waals surface area (Å²) in [6.45, 7) is 7.98. The second-order valence-electron chi connectivity index (χ2n) is 4.89. The molecule has 1 aromatic rings. The molecule has 108 valence electrons. The molecule has 0 bridgehead atoms. The van der Waals surface area contributed by atoms with Gasteiger partial charge in [0.2, 0.25) is 0 Å². The molecule has 0 aliphatic rings. The Kier molecular flexibility index (Phi) is 6.81. The summed E-state index contributed by atoms with van der Waals surface area (Å²) in [6, 6.07) is 4.66. The average Bonchev–Trinajstić information content (AvgIpc) is 2.43. The van der Waals surface area contributed by atoms with Crippen molar-refractivity contribution in [3.8, 4) is 0 Å². The van der Waals surface area contributed by atoms with Crippen molar-refractivity contribution in [2.45, 2.75) is 45.7 Å². The van der Waals surface area contributed by atoms with E-state index in [0.717, 1.165) is 30.8 Å². The van der Waals surface area contributed by atoms with Gasteiger partial charge in [-0.1, -0.05) is 19.9 Å². The lowest BCUT2D eigenvalue weighted by molar-refractivity contribution is 0.202. The number of nitrogens with zero attached hydrogens (tertiary/aromatic N) is 2. The van der Waals surface area contributed by atoms with E-state index in [2.05, 4.69) is 35.9 Å². The molecule has 0 spiro atoms. The zero-order valence-corrected chi connectivity index (χ0v) is 12.6. The van der Waals surface area contributed by atoms with Gasteiger partial charge in [-0.25, -0.2) is 4.98 Å². The van der Waals surface area contributed by atoms with Crippen LogP contribution in [0.2, 0.25) is 0 Å². The molecule has 0 aliphatic heterocycles. The Morgan fingerprint density at radius 2 is 2.00 bits per heavy atom. The Morgan fingerprint density at radius 1 is 1.32 bits per heavy atom. The normalized spacial score (nSPS) is 12.7. The third kappa shape index (κ3) is 4.48. The van der Waals surface area contributed by atoms with Gasteiger partial charge in [-0.05, 0) is 31.4 Å². The van der Waals surface area contributed by atoms with E-state index in [-0.39, 0.29) is 6.04 Å². The summed E-state index contributed by atoms with van der Waals surface area (Å²) in [6.07, 6.45) is 4.09. The predicted molar refractivity (Wildman–Crippen MR) is 80.4 cm³/mol. The van der Waals surface area contributed by atoms with Gasteiger partial charge in [-0.3, -0.25) is 0 Å². The number of nitrogens with two attached hydrogens (primary N) is 1. The van der Waals surface area contributed by atoms with E-state index < -0.39 is 0 Å². The molecular weight excluding hydrogens is 238 g/mol. The number of rotatable bonds is 8. The highest BCUT2D eigenvalue weighted by Gasteiger charge is 2.16. The van der Waals surface area contributed by atoms with E-state index in [4.69, 9.17) is 10.5 Å². The summed E-state index contributed by atoms with van der Waals surface area (Å²) in [5.41, 5.74) is 6.93. The minimum Gasteiger partial charge on any atom is -0.383 e. The number of methoxy groups -OCH3 is 1. The molecule has 1 heterocycles. The van der Waals surface area contributed by atoms with Crippen LogP contribution in [-0.4, -0.2) is 31.3 Å². The van der Waals surface area contributed by atoms with E-state index >= 15 is 0 Å². The van der Waals surface area contributed by atoms with Crippen LogP contribution >= 0.6 is 0 Å². The third-order valence-electron chi connectivity index (χ3n) is 3.51. The molecule has 1 rings (SSSR count). The Bertz CT molecular complexity index is 347. The first-order valence-corrected chi connectivity index (χ1v) is 7.11. The molecule has 4 heteroatoms. The molecule has 1 unspecified atom stereocenters. The fourth-order valence-electron chi connectivity index (χ4n) is 2.24. The Balaban J connectivity index is 2.89. The minimum atomic E-state index is 0.0297. The maximum atomic E-state index is 5.86. The van der Waals surface area contributed by atoms with Gasteiger partial charge < -0.3 is 15.4 Å². The SMILES string of the molecule is CCC(CC)N(CCOC)c1ccc(C(C)N)cn1. The van der Waals surface area contributed by atoms with Crippen LogP contribution in [0.5, 0.6) is 0 Å². The monoisotopic (exact) mass is 265 g/mol. The summed E-state index contributed by atoms with van der Waals surface area (Å²) in [4.78, 5) is 6.89. The van der Waals surface area contributed by atoms with Gasteiger partial charge in [0.05, 0.1) is 6.61 Å². The molecule has 1 atom stereocenters. The number of hydrogen-bond donors (Lipinski definition) is 1. The molecule has 4 nitrogen and oxygen atoms in total. The van der Waals surface area contributed by atoms with Crippen LogP contribution in [0.15, 0.2) is 18.3 Å². The lowest BCUT2D eigenvalue weighted by atomic mass is 10.1. The third-order valence-corrected chi connectivity index (χ3v) is 3.51. The van der Waals surface area contributed by atoms with Crippen molar-refractivity contribution >= 4 is 5.82 Å². The number of aromatic nitrogens is 1. The Labute approximate surface area is 117 Å². The van der Waals surface area contributed by atoms with Crippen molar-refractivity contribution in [2.24, 2.45) is 5.73 Å². The van der Waals surface area contributed by atoms with E-state index in [1.54, 1.807) is 7.11 Å². The van der Waals surface area contributed by atoms with Gasteiger partial charge >= 0.3 is 0 Å². The van der Waals surface area contributed by atoms with Gasteiger partial charge in [0.25, 0.3) is 0 Å². The van der Waals surface area contributed by atoms with Gasteiger partial charge in [0.1, 0.15) is 5.82 Å². The Hall–Kier alpha value is -1.13. The summed E-state index contributed by atoms with van der Waals surface area (Å²) < 4.78 is 5.21. The first-order valence-electron chi connectivity index (χ1n) is 7.11. The summed E-state index contributed by atoms with van der Waals surface area (Å²) >= 11 is 0. The molecule has 0 saturated carbocycles. The van der Waals surface area contributed by atoms with E-state index in [0.29, 0.717) is 12.6 Å². The number of ether oxygens (including phenoxy) is 1. The maximum Gasteiger partial charge on any atom is 0.128 e. The highest BCUT2D eigenvalue weighted by atomic mass is 16.5. The fraction of sp³-hybridized carbons (Fsp3) is 0.667. The van der Waals surface area contributed by atoms with Crippen molar-refractivity contribution < 1.29 is 4.74 Å². The summed E-state index contributed by atoms with van der Waals surface area (Å²) in [5.74, 6) is 1.01. The summed E-state index contributed by atoms with van der Waals surface area (Å²) in [7, 11) is 1.73. The first-order chi connectivity index (χ1) is 9.13. The largest absolute Gasteiger partial charge is 0.383 e. The van der Waals surface area contributed by atoms with Crippen LogP contribution in [0.4, 0.5) is 5.82 Å². The highest BCUT2D eigenvalue weighted by Crippen LogP contribution is 2.19. The van der Waals surface area contributed by atoms with Crippen molar-refractivity contribution in [1.82, 2.24) is 4.98 Å². The van der Waals surface area contributed by atoms with Crippen LogP contribution in [0.25, 0.3) is 0 Å². The minimum absolute atomic E-state index is 0.0297. The van der Waals surface area contributed by atoms with Crippen molar-refractivity contribution in [2.75, 3.05) is 25.2 Å². The molecule has 19 heavy (non-hydrogen) atoms. The van der Waals surface area contributed by atoms with Crippen molar-refractivity contribution in [3.63, 3.8) is 0 Å². The van der Waals surface area contributed by atoms with Crippen molar-refractivity contribution in [3.05, 3.63) is 23.9 Å². The number of pyridine rings is 1. The molecule has 0 aliphatic carbocycles. The van der Waals surface area contributed by atoms with Gasteiger partial charge in [-0.2, -0.15) is 0 Å². The number of hydrogen-bond acceptors (Lipinski definition) is 4. The molecule has 0 fully saturated rings. The van der Waals surface area contributed by atoms with Crippen LogP contribution in [0.1, 0.15) is 45.2 Å². The standard InChI is InChI=1S/C15H27N3O/c1-5-14(6-2)18(9-10-19-4)15-8-7-13(11-17-15)12(3)16/h7-8,11-12,14H,5-6,9-10,16H2,1-4H3. The molecule has 0 saturated heterocycles.